The van der Waals surface area contributed by atoms with Crippen LogP contribution in [0.15, 0.2) is 12.7 Å². The highest BCUT2D eigenvalue weighted by molar-refractivity contribution is 6.22. The second-order valence-corrected chi connectivity index (χ2v) is 5.46. The molecule has 0 fully saturated rings. The monoisotopic (exact) mass is 440 g/mol. The Morgan fingerprint density at radius 2 is 1.41 bits per heavy atom. The summed E-state index contributed by atoms with van der Waals surface area (Å²) in [6.07, 6.45) is -0.537. The number of hydrogen-bond acceptors (Lipinski definition) is 3. The standard InChI is InChI=1S/C13H11ClF10O3/c1-3-5-6(8(26)27-4-2)7(25)9(15,16)10(17,18)11(19,20)12(21,22)13(14,23)24/h3,6H,1,4-5H2,2H3. The van der Waals surface area contributed by atoms with Crippen LogP contribution in [-0.4, -0.2) is 47.4 Å². The SMILES string of the molecule is C=CCC(C(=O)OCC)C(=O)C(F)(F)C(F)(F)C(F)(F)C(F)(F)C(F)(F)Cl. The Kier molecular flexibility index (Phi) is 7.39. The van der Waals surface area contributed by atoms with Crippen molar-refractivity contribution in [3.05, 3.63) is 12.7 Å². The summed E-state index contributed by atoms with van der Waals surface area (Å²) in [5.41, 5.74) is 0. The van der Waals surface area contributed by atoms with E-state index in [1.54, 1.807) is 0 Å². The number of rotatable bonds is 10. The van der Waals surface area contributed by atoms with Gasteiger partial charge in [-0.1, -0.05) is 6.08 Å². The molecule has 0 heterocycles. The molecule has 0 aliphatic rings. The lowest BCUT2D eigenvalue weighted by atomic mass is 9.88. The molecule has 1 atom stereocenters. The topological polar surface area (TPSA) is 43.4 Å². The first-order valence-corrected chi connectivity index (χ1v) is 7.12. The Morgan fingerprint density at radius 3 is 1.74 bits per heavy atom. The lowest BCUT2D eigenvalue weighted by Gasteiger charge is -2.37. The number of ketones is 1. The summed E-state index contributed by atoms with van der Waals surface area (Å²) in [7, 11) is 0. The van der Waals surface area contributed by atoms with E-state index < -0.39 is 59.8 Å². The first kappa shape index (κ1) is 25.5. The van der Waals surface area contributed by atoms with Gasteiger partial charge in [0.2, 0.25) is 5.78 Å². The lowest BCUT2D eigenvalue weighted by molar-refractivity contribution is -0.382. The summed E-state index contributed by atoms with van der Waals surface area (Å²) in [5.74, 6) is -36.7. The van der Waals surface area contributed by atoms with Crippen LogP contribution in [0.4, 0.5) is 43.9 Å². The van der Waals surface area contributed by atoms with Gasteiger partial charge in [0.05, 0.1) is 6.61 Å². The molecule has 0 N–H and O–H groups in total. The second kappa shape index (κ2) is 7.84. The molecule has 0 bridgehead atoms. The number of carbonyl (C=O) groups is 2. The summed E-state index contributed by atoms with van der Waals surface area (Å²) >= 11 is 3.64. The van der Waals surface area contributed by atoms with Crippen molar-refractivity contribution in [3.8, 4) is 0 Å². The van der Waals surface area contributed by atoms with Crippen LogP contribution in [0.5, 0.6) is 0 Å². The second-order valence-electron chi connectivity index (χ2n) is 4.99. The van der Waals surface area contributed by atoms with Crippen molar-refractivity contribution in [2.45, 2.75) is 42.4 Å². The Morgan fingerprint density at radius 1 is 0.963 bits per heavy atom. The molecule has 0 radical (unpaired) electrons. The summed E-state index contributed by atoms with van der Waals surface area (Å²) < 4.78 is 136. The van der Waals surface area contributed by atoms with Crippen LogP contribution in [0.2, 0.25) is 0 Å². The maximum atomic E-state index is 13.7. The highest BCUT2D eigenvalue weighted by Gasteiger charge is 2.87. The van der Waals surface area contributed by atoms with Gasteiger partial charge in [0, 0.05) is 0 Å². The van der Waals surface area contributed by atoms with E-state index in [2.05, 4.69) is 22.9 Å². The number of ether oxygens (including phenoxy) is 1. The van der Waals surface area contributed by atoms with E-state index in [0.717, 1.165) is 6.92 Å². The Hall–Kier alpha value is -1.53. The van der Waals surface area contributed by atoms with E-state index in [9.17, 15) is 53.5 Å². The van der Waals surface area contributed by atoms with Crippen molar-refractivity contribution in [3.63, 3.8) is 0 Å². The zero-order chi connectivity index (χ0) is 22.1. The zero-order valence-electron chi connectivity index (χ0n) is 13.2. The normalized spacial score (nSPS) is 15.3. The minimum Gasteiger partial charge on any atom is -0.465 e. The molecule has 0 spiro atoms. The Labute approximate surface area is 150 Å². The molecule has 27 heavy (non-hydrogen) atoms. The third-order valence-electron chi connectivity index (χ3n) is 3.14. The molecule has 158 valence electrons. The quantitative estimate of drug-likeness (QED) is 0.163. The van der Waals surface area contributed by atoms with E-state index in [0.29, 0.717) is 6.08 Å². The predicted molar refractivity (Wildman–Crippen MR) is 70.5 cm³/mol. The van der Waals surface area contributed by atoms with Gasteiger partial charge < -0.3 is 4.74 Å². The molecular formula is C13H11ClF10O3. The van der Waals surface area contributed by atoms with Crippen molar-refractivity contribution < 1.29 is 58.2 Å². The molecule has 0 saturated heterocycles. The fourth-order valence-electron chi connectivity index (χ4n) is 1.67. The highest BCUT2D eigenvalue weighted by atomic mass is 35.5. The van der Waals surface area contributed by atoms with Crippen LogP contribution < -0.4 is 0 Å². The van der Waals surface area contributed by atoms with Gasteiger partial charge in [-0.3, -0.25) is 9.59 Å². The molecule has 14 heteroatoms. The van der Waals surface area contributed by atoms with E-state index >= 15 is 0 Å². The van der Waals surface area contributed by atoms with Crippen molar-refractivity contribution in [2.24, 2.45) is 5.92 Å². The van der Waals surface area contributed by atoms with Crippen molar-refractivity contribution >= 4 is 23.4 Å². The van der Waals surface area contributed by atoms with Gasteiger partial charge in [-0.2, -0.15) is 43.9 Å². The molecule has 0 rings (SSSR count). The molecule has 0 aliphatic carbocycles. The average molecular weight is 441 g/mol. The first-order chi connectivity index (χ1) is 11.8. The molecule has 0 aromatic rings. The van der Waals surface area contributed by atoms with Crippen LogP contribution in [-0.2, 0) is 14.3 Å². The molecule has 3 nitrogen and oxygen atoms in total. The number of allylic oxidation sites excluding steroid dienone is 1. The third kappa shape index (κ3) is 4.16. The molecule has 0 aliphatic heterocycles. The first-order valence-electron chi connectivity index (χ1n) is 6.74. The number of esters is 1. The molecule has 0 amide bonds. The smallest absolute Gasteiger partial charge is 0.393 e. The zero-order valence-corrected chi connectivity index (χ0v) is 13.9. The van der Waals surface area contributed by atoms with Crippen molar-refractivity contribution in [2.75, 3.05) is 6.61 Å². The fraction of sp³-hybridized carbons (Fsp3) is 0.692. The minimum absolute atomic E-state index is 0.547. The van der Waals surface area contributed by atoms with Crippen LogP contribution in [0, 0.1) is 5.92 Å². The van der Waals surface area contributed by atoms with Gasteiger partial charge in [0.1, 0.15) is 5.92 Å². The maximum absolute atomic E-state index is 13.7. The van der Waals surface area contributed by atoms with Gasteiger partial charge >= 0.3 is 35.0 Å². The molecule has 1 unspecified atom stereocenters. The number of alkyl halides is 11. The Bertz CT molecular complexity index is 585. The predicted octanol–water partition coefficient (Wildman–Crippen LogP) is 4.68. The van der Waals surface area contributed by atoms with Gasteiger partial charge in [-0.15, -0.1) is 6.58 Å². The summed E-state index contributed by atoms with van der Waals surface area (Å²) in [4.78, 5) is 23.0. The number of hydrogen-bond donors (Lipinski definition) is 0. The van der Waals surface area contributed by atoms with Crippen molar-refractivity contribution in [1.82, 2.24) is 0 Å². The molecular weight excluding hydrogens is 430 g/mol. The van der Waals surface area contributed by atoms with Crippen molar-refractivity contribution in [1.29, 1.82) is 0 Å². The third-order valence-corrected chi connectivity index (χ3v) is 3.38. The number of halogens is 11. The van der Waals surface area contributed by atoms with Gasteiger partial charge in [-0.05, 0) is 24.9 Å². The number of Topliss-reactive ketones (excluding diaryl/α,β-unsaturated/α-hetero) is 1. The summed E-state index contributed by atoms with van der Waals surface area (Å²) in [5, 5.41) is -6.37. The van der Waals surface area contributed by atoms with E-state index in [-0.39, 0.29) is 0 Å². The van der Waals surface area contributed by atoms with Gasteiger partial charge in [-0.25, -0.2) is 0 Å². The largest absolute Gasteiger partial charge is 0.465 e. The summed E-state index contributed by atoms with van der Waals surface area (Å²) in [6, 6.07) is 0. The molecule has 0 aromatic carbocycles. The molecule has 0 saturated carbocycles. The van der Waals surface area contributed by atoms with Crippen LogP contribution in [0.25, 0.3) is 0 Å². The van der Waals surface area contributed by atoms with E-state index in [4.69, 9.17) is 0 Å². The average Bonchev–Trinajstić information content (AvgIpc) is 2.50. The Balaban J connectivity index is 6.25. The highest BCUT2D eigenvalue weighted by Crippen LogP contribution is 2.58. The van der Waals surface area contributed by atoms with Crippen LogP contribution in [0.3, 0.4) is 0 Å². The minimum atomic E-state index is -7.49. The van der Waals surface area contributed by atoms with E-state index in [1.807, 2.05) is 0 Å². The van der Waals surface area contributed by atoms with Crippen LogP contribution >= 0.6 is 11.6 Å². The maximum Gasteiger partial charge on any atom is 0.393 e. The summed E-state index contributed by atoms with van der Waals surface area (Å²) in [6.45, 7) is 3.47. The van der Waals surface area contributed by atoms with E-state index in [1.165, 1.54) is 0 Å². The number of carbonyl (C=O) groups excluding carboxylic acids is 2. The van der Waals surface area contributed by atoms with Gasteiger partial charge in [0.15, 0.2) is 0 Å². The lowest BCUT2D eigenvalue weighted by Crippen LogP contribution is -2.68. The van der Waals surface area contributed by atoms with Crippen LogP contribution in [0.1, 0.15) is 13.3 Å². The molecule has 0 aromatic heterocycles. The fourth-order valence-corrected chi connectivity index (χ4v) is 1.78. The van der Waals surface area contributed by atoms with Gasteiger partial charge in [0.25, 0.3) is 0 Å².